The molecular formula is C15H22BrN3. The van der Waals surface area contributed by atoms with Crippen LogP contribution >= 0.6 is 15.9 Å². The molecule has 2 heterocycles. The second-order valence-corrected chi connectivity index (χ2v) is 6.73. The summed E-state index contributed by atoms with van der Waals surface area (Å²) in [5.74, 6) is 0. The van der Waals surface area contributed by atoms with Crippen molar-refractivity contribution in [1.29, 1.82) is 0 Å². The lowest BCUT2D eigenvalue weighted by molar-refractivity contribution is 0.0540. The highest BCUT2D eigenvalue weighted by atomic mass is 79.9. The van der Waals surface area contributed by atoms with Crippen molar-refractivity contribution in [1.82, 2.24) is 9.80 Å². The van der Waals surface area contributed by atoms with E-state index in [1.54, 1.807) is 0 Å². The number of nitrogens with two attached hydrogens (primary N) is 1. The second-order valence-electron chi connectivity index (χ2n) is 5.88. The summed E-state index contributed by atoms with van der Waals surface area (Å²) >= 11 is 3.63. The molecule has 1 aromatic carbocycles. The minimum Gasteiger partial charge on any atom is -0.398 e. The minimum absolute atomic E-state index is 0.612. The Morgan fingerprint density at radius 2 is 2.21 bits per heavy atom. The molecule has 3 rings (SSSR count). The lowest BCUT2D eigenvalue weighted by Gasteiger charge is -2.42. The minimum atomic E-state index is 0.612. The third-order valence-electron chi connectivity index (χ3n) is 4.58. The molecule has 0 bridgehead atoms. The number of nitrogens with zero attached hydrogens (tertiary/aromatic N) is 2. The SMILES string of the molecule is CC1CN2CCCC2CN1Cc1c(N)cccc1Br. The van der Waals surface area contributed by atoms with Crippen molar-refractivity contribution in [3.8, 4) is 0 Å². The van der Waals surface area contributed by atoms with Gasteiger partial charge >= 0.3 is 0 Å². The highest BCUT2D eigenvalue weighted by Crippen LogP contribution is 2.29. The summed E-state index contributed by atoms with van der Waals surface area (Å²) < 4.78 is 1.13. The first kappa shape index (κ1) is 13.4. The number of benzene rings is 1. The maximum atomic E-state index is 6.12. The molecule has 3 nitrogen and oxygen atoms in total. The zero-order chi connectivity index (χ0) is 13.4. The van der Waals surface area contributed by atoms with Crippen molar-refractivity contribution in [2.75, 3.05) is 25.4 Å². The van der Waals surface area contributed by atoms with E-state index < -0.39 is 0 Å². The molecular weight excluding hydrogens is 302 g/mol. The molecule has 2 saturated heterocycles. The number of hydrogen-bond donors (Lipinski definition) is 1. The molecule has 2 aliphatic heterocycles. The van der Waals surface area contributed by atoms with E-state index in [1.165, 1.54) is 38.0 Å². The third kappa shape index (κ3) is 2.67. The molecule has 2 atom stereocenters. The first-order valence-corrected chi connectivity index (χ1v) is 7.95. The fraction of sp³-hybridized carbons (Fsp3) is 0.600. The summed E-state index contributed by atoms with van der Waals surface area (Å²) in [6, 6.07) is 7.46. The summed E-state index contributed by atoms with van der Waals surface area (Å²) in [7, 11) is 0. The van der Waals surface area contributed by atoms with Gasteiger partial charge in [-0.15, -0.1) is 0 Å². The van der Waals surface area contributed by atoms with Gasteiger partial charge in [0.15, 0.2) is 0 Å². The topological polar surface area (TPSA) is 32.5 Å². The molecule has 4 heteroatoms. The normalized spacial score (nSPS) is 28.5. The van der Waals surface area contributed by atoms with Gasteiger partial charge in [-0.3, -0.25) is 9.80 Å². The van der Waals surface area contributed by atoms with E-state index in [1.807, 2.05) is 12.1 Å². The number of rotatable bonds is 2. The standard InChI is InChI=1S/C15H22BrN3/c1-11-8-18-7-3-4-12(18)9-19(11)10-13-14(16)5-2-6-15(13)17/h2,5-6,11-12H,3-4,7-10,17H2,1H3. The van der Waals surface area contributed by atoms with Crippen molar-refractivity contribution in [3.63, 3.8) is 0 Å². The van der Waals surface area contributed by atoms with Crippen LogP contribution in [0.2, 0.25) is 0 Å². The first-order valence-electron chi connectivity index (χ1n) is 7.16. The zero-order valence-electron chi connectivity index (χ0n) is 11.5. The van der Waals surface area contributed by atoms with Crippen LogP contribution in [0.15, 0.2) is 22.7 Å². The van der Waals surface area contributed by atoms with Crippen LogP contribution in [0.3, 0.4) is 0 Å². The Bertz CT molecular complexity index is 442. The predicted molar refractivity (Wildman–Crippen MR) is 83.0 cm³/mol. The third-order valence-corrected chi connectivity index (χ3v) is 5.33. The van der Waals surface area contributed by atoms with Crippen molar-refractivity contribution in [3.05, 3.63) is 28.2 Å². The van der Waals surface area contributed by atoms with E-state index in [4.69, 9.17) is 5.73 Å². The largest absolute Gasteiger partial charge is 0.398 e. The van der Waals surface area contributed by atoms with E-state index >= 15 is 0 Å². The van der Waals surface area contributed by atoms with Gasteiger partial charge in [-0.05, 0) is 38.4 Å². The van der Waals surface area contributed by atoms with Crippen molar-refractivity contribution < 1.29 is 0 Å². The molecule has 2 fully saturated rings. The van der Waals surface area contributed by atoms with Crippen molar-refractivity contribution in [2.24, 2.45) is 0 Å². The smallest absolute Gasteiger partial charge is 0.0371 e. The summed E-state index contributed by atoms with van der Waals surface area (Å²) in [4.78, 5) is 5.24. The molecule has 1 aromatic rings. The first-order chi connectivity index (χ1) is 9.15. The average molecular weight is 324 g/mol. The Morgan fingerprint density at radius 3 is 3.00 bits per heavy atom. The van der Waals surface area contributed by atoms with Gasteiger partial charge in [0.2, 0.25) is 0 Å². The van der Waals surface area contributed by atoms with Gasteiger partial charge in [0.25, 0.3) is 0 Å². The zero-order valence-corrected chi connectivity index (χ0v) is 13.1. The molecule has 2 N–H and O–H groups in total. The van der Waals surface area contributed by atoms with Crippen LogP contribution in [0.4, 0.5) is 5.69 Å². The maximum Gasteiger partial charge on any atom is 0.0371 e. The number of fused-ring (bicyclic) bond motifs is 1. The van der Waals surface area contributed by atoms with Crippen LogP contribution in [0.5, 0.6) is 0 Å². The molecule has 0 aliphatic carbocycles. The highest BCUT2D eigenvalue weighted by Gasteiger charge is 2.34. The molecule has 2 aliphatic rings. The molecule has 0 spiro atoms. The molecule has 0 saturated carbocycles. The van der Waals surface area contributed by atoms with Crippen molar-refractivity contribution >= 4 is 21.6 Å². The van der Waals surface area contributed by atoms with Gasteiger partial charge in [0.05, 0.1) is 0 Å². The van der Waals surface area contributed by atoms with Gasteiger partial charge in [0.1, 0.15) is 0 Å². The van der Waals surface area contributed by atoms with Crippen LogP contribution in [0.25, 0.3) is 0 Å². The van der Waals surface area contributed by atoms with E-state index in [0.717, 1.165) is 22.7 Å². The van der Waals surface area contributed by atoms with Gasteiger partial charge in [-0.1, -0.05) is 22.0 Å². The monoisotopic (exact) mass is 323 g/mol. The lowest BCUT2D eigenvalue weighted by Crippen LogP contribution is -2.54. The molecule has 19 heavy (non-hydrogen) atoms. The number of piperazine rings is 1. The molecule has 0 amide bonds. The lowest BCUT2D eigenvalue weighted by atomic mass is 10.1. The molecule has 0 aromatic heterocycles. The van der Waals surface area contributed by atoms with Crippen LogP contribution in [0.1, 0.15) is 25.3 Å². The van der Waals surface area contributed by atoms with E-state index in [9.17, 15) is 0 Å². The summed E-state index contributed by atoms with van der Waals surface area (Å²) in [5.41, 5.74) is 8.26. The Labute approximate surface area is 123 Å². The number of anilines is 1. The van der Waals surface area contributed by atoms with Crippen LogP contribution < -0.4 is 5.73 Å². The Hall–Kier alpha value is -0.580. The molecule has 2 unspecified atom stereocenters. The van der Waals surface area contributed by atoms with Crippen molar-refractivity contribution in [2.45, 2.75) is 38.4 Å². The van der Waals surface area contributed by atoms with Gasteiger partial charge in [0, 0.05) is 47.4 Å². The van der Waals surface area contributed by atoms with Crippen LogP contribution in [-0.4, -0.2) is 41.5 Å². The quantitative estimate of drug-likeness (QED) is 0.849. The van der Waals surface area contributed by atoms with Gasteiger partial charge in [-0.2, -0.15) is 0 Å². The van der Waals surface area contributed by atoms with Crippen LogP contribution in [-0.2, 0) is 6.54 Å². The Kier molecular flexibility index (Phi) is 3.83. The maximum absolute atomic E-state index is 6.12. The fourth-order valence-corrected chi connectivity index (χ4v) is 3.92. The van der Waals surface area contributed by atoms with Gasteiger partial charge < -0.3 is 5.73 Å². The highest BCUT2D eigenvalue weighted by molar-refractivity contribution is 9.10. The Morgan fingerprint density at radius 1 is 1.37 bits per heavy atom. The summed E-state index contributed by atoms with van der Waals surface area (Å²) in [5, 5.41) is 0. The molecule has 104 valence electrons. The van der Waals surface area contributed by atoms with E-state index in [-0.39, 0.29) is 0 Å². The number of nitrogen functional groups attached to an aromatic ring is 1. The van der Waals surface area contributed by atoms with Gasteiger partial charge in [-0.25, -0.2) is 0 Å². The number of halogens is 1. The average Bonchev–Trinajstić information content (AvgIpc) is 2.81. The summed E-state index contributed by atoms with van der Waals surface area (Å²) in [6.07, 6.45) is 2.72. The van der Waals surface area contributed by atoms with E-state index in [2.05, 4.69) is 38.7 Å². The Balaban J connectivity index is 1.75. The second kappa shape index (κ2) is 5.43. The summed E-state index contributed by atoms with van der Waals surface area (Å²) in [6.45, 7) is 6.97. The molecule has 0 radical (unpaired) electrons. The predicted octanol–water partition coefficient (Wildman–Crippen LogP) is 2.70. The van der Waals surface area contributed by atoms with Crippen LogP contribution in [0, 0.1) is 0 Å². The fourth-order valence-electron chi connectivity index (χ4n) is 3.41. The number of hydrogen-bond acceptors (Lipinski definition) is 3. The van der Waals surface area contributed by atoms with E-state index in [0.29, 0.717) is 6.04 Å².